The van der Waals surface area contributed by atoms with Crippen molar-refractivity contribution in [2.75, 3.05) is 0 Å². The lowest BCUT2D eigenvalue weighted by atomic mass is 10.1. The van der Waals surface area contributed by atoms with Gasteiger partial charge in [0.05, 0.1) is 11.1 Å². The second kappa shape index (κ2) is 2.86. The average Bonchev–Trinajstić information content (AvgIpc) is 2.17. The van der Waals surface area contributed by atoms with E-state index in [2.05, 4.69) is 4.98 Å². The Balaban J connectivity index is 2.83. The van der Waals surface area contributed by atoms with Crippen LogP contribution in [0, 0.1) is 0 Å². The second-order valence-corrected chi connectivity index (χ2v) is 2.74. The topological polar surface area (TPSA) is 56.0 Å². The van der Waals surface area contributed by atoms with Crippen LogP contribution in [0.2, 0.25) is 0 Å². The van der Waals surface area contributed by atoms with Crippen LogP contribution in [0.5, 0.6) is 0 Å². The molecule has 0 radical (unpaired) electrons. The minimum atomic E-state index is -0.418. The van der Waals surface area contributed by atoms with Crippen molar-refractivity contribution < 1.29 is 4.79 Å². The third-order valence-electron chi connectivity index (χ3n) is 1.91. The fraction of sp³-hybridized carbons (Fsp3) is 0. The highest BCUT2D eigenvalue weighted by molar-refractivity contribution is 6.05. The fourth-order valence-corrected chi connectivity index (χ4v) is 1.31. The van der Waals surface area contributed by atoms with Gasteiger partial charge in [-0.1, -0.05) is 18.2 Å². The van der Waals surface area contributed by atoms with Gasteiger partial charge in [-0.3, -0.25) is 9.78 Å². The molecule has 0 atom stereocenters. The number of primary amides is 1. The molecule has 3 nitrogen and oxygen atoms in total. The molecular weight excluding hydrogens is 164 g/mol. The number of hydrogen-bond donors (Lipinski definition) is 1. The summed E-state index contributed by atoms with van der Waals surface area (Å²) in [4.78, 5) is 15.1. The number of amides is 1. The Morgan fingerprint density at radius 2 is 2.00 bits per heavy atom. The van der Waals surface area contributed by atoms with Crippen molar-refractivity contribution in [1.29, 1.82) is 0 Å². The Bertz CT molecular complexity index is 460. The van der Waals surface area contributed by atoms with Crippen molar-refractivity contribution in [2.24, 2.45) is 5.73 Å². The van der Waals surface area contributed by atoms with E-state index in [1.165, 1.54) is 0 Å². The molecule has 1 amide bonds. The number of nitrogens with zero attached hydrogens (tertiary/aromatic N) is 1. The summed E-state index contributed by atoms with van der Waals surface area (Å²) in [7, 11) is 0. The highest BCUT2D eigenvalue weighted by Gasteiger charge is 2.04. The monoisotopic (exact) mass is 172 g/mol. The predicted molar refractivity (Wildman–Crippen MR) is 50.3 cm³/mol. The summed E-state index contributed by atoms with van der Waals surface area (Å²) >= 11 is 0. The highest BCUT2D eigenvalue weighted by atomic mass is 16.1. The van der Waals surface area contributed by atoms with Crippen molar-refractivity contribution in [3.8, 4) is 0 Å². The molecule has 2 aromatic rings. The summed E-state index contributed by atoms with van der Waals surface area (Å²) in [6.07, 6.45) is 1.59. The third-order valence-corrected chi connectivity index (χ3v) is 1.91. The van der Waals surface area contributed by atoms with Gasteiger partial charge in [-0.2, -0.15) is 0 Å². The number of nitrogens with two attached hydrogens (primary N) is 1. The van der Waals surface area contributed by atoms with Crippen LogP contribution in [-0.2, 0) is 0 Å². The number of benzene rings is 1. The van der Waals surface area contributed by atoms with Crippen molar-refractivity contribution in [1.82, 2.24) is 4.98 Å². The summed E-state index contributed by atoms with van der Waals surface area (Å²) < 4.78 is 0. The molecular formula is C10H8N2O. The van der Waals surface area contributed by atoms with Crippen LogP contribution in [-0.4, -0.2) is 10.9 Å². The lowest BCUT2D eigenvalue weighted by molar-refractivity contribution is 0.100. The average molecular weight is 172 g/mol. The number of pyridine rings is 1. The van der Waals surface area contributed by atoms with E-state index in [0.717, 1.165) is 10.9 Å². The molecule has 13 heavy (non-hydrogen) atoms. The minimum absolute atomic E-state index is 0.418. The van der Waals surface area contributed by atoms with Crippen LogP contribution in [0.1, 0.15) is 10.4 Å². The van der Waals surface area contributed by atoms with Crippen molar-refractivity contribution in [3.05, 3.63) is 42.1 Å². The third kappa shape index (κ3) is 1.24. The first-order valence-electron chi connectivity index (χ1n) is 3.92. The predicted octanol–water partition coefficient (Wildman–Crippen LogP) is 1.33. The van der Waals surface area contributed by atoms with Crippen LogP contribution in [0.3, 0.4) is 0 Å². The van der Waals surface area contributed by atoms with E-state index in [0.29, 0.717) is 5.56 Å². The molecule has 0 aliphatic carbocycles. The number of aromatic nitrogens is 1. The van der Waals surface area contributed by atoms with Crippen LogP contribution in [0.25, 0.3) is 10.9 Å². The quantitative estimate of drug-likeness (QED) is 0.705. The summed E-state index contributed by atoms with van der Waals surface area (Å²) in [5, 5.41) is 0.803. The summed E-state index contributed by atoms with van der Waals surface area (Å²) in [6, 6.07) is 9.05. The molecule has 2 N–H and O–H groups in total. The van der Waals surface area contributed by atoms with Gasteiger partial charge in [-0.25, -0.2) is 0 Å². The molecule has 2 rings (SSSR count). The molecule has 1 heterocycles. The first kappa shape index (κ1) is 7.73. The standard InChI is InChI=1S/C10H8N2O/c11-10(13)8-5-6-12-9-4-2-1-3-7(8)9/h1-6H,(H2,11,13). The number of para-hydroxylation sites is 1. The van der Waals surface area contributed by atoms with E-state index in [4.69, 9.17) is 5.73 Å². The van der Waals surface area contributed by atoms with E-state index in [9.17, 15) is 4.79 Å². The van der Waals surface area contributed by atoms with Crippen molar-refractivity contribution in [2.45, 2.75) is 0 Å². The number of fused-ring (bicyclic) bond motifs is 1. The zero-order valence-electron chi connectivity index (χ0n) is 6.90. The van der Waals surface area contributed by atoms with Gasteiger partial charge >= 0.3 is 0 Å². The Morgan fingerprint density at radius 3 is 2.77 bits per heavy atom. The lowest BCUT2D eigenvalue weighted by Gasteiger charge is -2.00. The maximum atomic E-state index is 11.0. The number of hydrogen-bond acceptors (Lipinski definition) is 2. The zero-order valence-corrected chi connectivity index (χ0v) is 6.90. The molecule has 1 aromatic carbocycles. The highest BCUT2D eigenvalue weighted by Crippen LogP contribution is 2.14. The van der Waals surface area contributed by atoms with E-state index in [-0.39, 0.29) is 0 Å². The summed E-state index contributed by atoms with van der Waals surface area (Å²) in [5.74, 6) is -0.418. The Hall–Kier alpha value is -1.90. The molecule has 0 fully saturated rings. The molecule has 3 heteroatoms. The van der Waals surface area contributed by atoms with E-state index < -0.39 is 5.91 Å². The lowest BCUT2D eigenvalue weighted by Crippen LogP contribution is -2.11. The van der Waals surface area contributed by atoms with Crippen LogP contribution >= 0.6 is 0 Å². The summed E-state index contributed by atoms with van der Waals surface area (Å²) in [6.45, 7) is 0. The second-order valence-electron chi connectivity index (χ2n) is 2.74. The van der Waals surface area contributed by atoms with Gasteiger partial charge in [0, 0.05) is 11.6 Å². The van der Waals surface area contributed by atoms with Crippen LogP contribution < -0.4 is 5.73 Å². The molecule has 0 saturated heterocycles. The zero-order chi connectivity index (χ0) is 9.26. The maximum Gasteiger partial charge on any atom is 0.249 e. The fourth-order valence-electron chi connectivity index (χ4n) is 1.31. The van der Waals surface area contributed by atoms with Crippen molar-refractivity contribution in [3.63, 3.8) is 0 Å². The molecule has 0 aliphatic rings. The van der Waals surface area contributed by atoms with Gasteiger partial charge in [0.15, 0.2) is 0 Å². The number of carbonyl (C=O) groups is 1. The Labute approximate surface area is 75.2 Å². The number of carbonyl (C=O) groups excluding carboxylic acids is 1. The van der Waals surface area contributed by atoms with Crippen LogP contribution in [0.15, 0.2) is 36.5 Å². The molecule has 0 saturated carbocycles. The van der Waals surface area contributed by atoms with Crippen LogP contribution in [0.4, 0.5) is 0 Å². The Kier molecular flexibility index (Phi) is 1.70. The molecule has 1 aromatic heterocycles. The summed E-state index contributed by atoms with van der Waals surface area (Å²) in [5.41, 5.74) is 6.52. The van der Waals surface area contributed by atoms with Gasteiger partial charge in [-0.15, -0.1) is 0 Å². The molecule has 0 unspecified atom stereocenters. The normalized spacial score (nSPS) is 10.2. The first-order valence-corrected chi connectivity index (χ1v) is 3.92. The van der Waals surface area contributed by atoms with Gasteiger partial charge < -0.3 is 5.73 Å². The smallest absolute Gasteiger partial charge is 0.249 e. The molecule has 0 aliphatic heterocycles. The molecule has 64 valence electrons. The molecule has 0 spiro atoms. The Morgan fingerprint density at radius 1 is 1.23 bits per heavy atom. The SMILES string of the molecule is NC(=O)c1ccnc2ccccc12. The maximum absolute atomic E-state index is 11.0. The van der Waals surface area contributed by atoms with E-state index in [1.54, 1.807) is 12.3 Å². The van der Waals surface area contributed by atoms with Gasteiger partial charge in [0.25, 0.3) is 0 Å². The van der Waals surface area contributed by atoms with Gasteiger partial charge in [0.2, 0.25) is 5.91 Å². The minimum Gasteiger partial charge on any atom is -0.366 e. The first-order chi connectivity index (χ1) is 6.29. The largest absolute Gasteiger partial charge is 0.366 e. The van der Waals surface area contributed by atoms with Gasteiger partial charge in [0.1, 0.15) is 0 Å². The molecule has 0 bridgehead atoms. The van der Waals surface area contributed by atoms with Crippen molar-refractivity contribution >= 4 is 16.8 Å². The van der Waals surface area contributed by atoms with E-state index in [1.807, 2.05) is 24.3 Å². The van der Waals surface area contributed by atoms with E-state index >= 15 is 0 Å². The van der Waals surface area contributed by atoms with Gasteiger partial charge in [-0.05, 0) is 12.1 Å². The number of rotatable bonds is 1.